The first-order valence-corrected chi connectivity index (χ1v) is 4.63. The van der Waals surface area contributed by atoms with Crippen LogP contribution >= 0.6 is 0 Å². The molecule has 0 aliphatic heterocycles. The van der Waals surface area contributed by atoms with Crippen molar-refractivity contribution in [2.75, 3.05) is 7.05 Å². The molecule has 1 aromatic rings. The van der Waals surface area contributed by atoms with Crippen LogP contribution in [0.1, 0.15) is 11.3 Å². The summed E-state index contributed by atoms with van der Waals surface area (Å²) in [7, 11) is 1.66. The Morgan fingerprint density at radius 2 is 2.25 bits per heavy atom. The van der Waals surface area contributed by atoms with E-state index >= 15 is 0 Å². The van der Waals surface area contributed by atoms with Gasteiger partial charge in [-0.2, -0.15) is 0 Å². The molecule has 0 aliphatic rings. The van der Waals surface area contributed by atoms with Gasteiger partial charge in [0.15, 0.2) is 0 Å². The summed E-state index contributed by atoms with van der Waals surface area (Å²) in [6.45, 7) is 0. The van der Waals surface area contributed by atoms with Gasteiger partial charge >= 0.3 is 0 Å². The first kappa shape index (κ1) is 11.8. The second-order valence-corrected chi connectivity index (χ2v) is 3.03. The van der Waals surface area contributed by atoms with Gasteiger partial charge in [-0.1, -0.05) is 6.07 Å². The van der Waals surface area contributed by atoms with Gasteiger partial charge in [0.1, 0.15) is 6.26 Å². The molecule has 0 aromatic carbocycles. The smallest absolute Gasteiger partial charge is 0.104 e. The molecule has 16 heavy (non-hydrogen) atoms. The van der Waals surface area contributed by atoms with Gasteiger partial charge in [0.2, 0.25) is 0 Å². The lowest BCUT2D eigenvalue weighted by atomic mass is 10.1. The van der Waals surface area contributed by atoms with Crippen molar-refractivity contribution in [3.05, 3.63) is 42.0 Å². The summed E-state index contributed by atoms with van der Waals surface area (Å²) in [5, 5.41) is 8.72. The maximum atomic E-state index is 8.72. The van der Waals surface area contributed by atoms with Crippen molar-refractivity contribution in [2.24, 2.45) is 16.5 Å². The minimum absolute atomic E-state index is 0.217. The van der Waals surface area contributed by atoms with Crippen LogP contribution in [0.15, 0.2) is 35.8 Å². The summed E-state index contributed by atoms with van der Waals surface area (Å²) in [6, 6.07) is 3.50. The van der Waals surface area contributed by atoms with E-state index in [0.717, 1.165) is 17.4 Å². The highest BCUT2D eigenvalue weighted by Crippen LogP contribution is 2.12. The fourth-order valence-corrected chi connectivity index (χ4v) is 1.15. The van der Waals surface area contributed by atoms with Crippen molar-refractivity contribution in [3.8, 4) is 0 Å². The molecular formula is C11H14N4O. The minimum Gasteiger partial charge on any atom is -0.513 e. The second kappa shape index (κ2) is 5.55. The number of allylic oxidation sites excluding steroid dienone is 1. The van der Waals surface area contributed by atoms with Crippen molar-refractivity contribution in [1.82, 2.24) is 4.98 Å². The van der Waals surface area contributed by atoms with Crippen LogP contribution in [0.4, 0.5) is 0 Å². The molecule has 0 spiro atoms. The van der Waals surface area contributed by atoms with Crippen LogP contribution in [0.25, 0.3) is 11.3 Å². The number of nitrogens with two attached hydrogens (primary N) is 2. The average molecular weight is 218 g/mol. The van der Waals surface area contributed by atoms with Crippen molar-refractivity contribution >= 4 is 17.5 Å². The van der Waals surface area contributed by atoms with Crippen molar-refractivity contribution in [1.29, 1.82) is 0 Å². The lowest BCUT2D eigenvalue weighted by Gasteiger charge is -2.03. The predicted molar refractivity (Wildman–Crippen MR) is 65.6 cm³/mol. The highest BCUT2D eigenvalue weighted by molar-refractivity contribution is 6.09. The van der Waals surface area contributed by atoms with Gasteiger partial charge in [-0.25, -0.2) is 0 Å². The molecule has 1 aromatic heterocycles. The Labute approximate surface area is 93.8 Å². The Morgan fingerprint density at radius 3 is 2.69 bits per heavy atom. The first-order valence-electron chi connectivity index (χ1n) is 4.63. The van der Waals surface area contributed by atoms with Crippen molar-refractivity contribution in [2.45, 2.75) is 0 Å². The van der Waals surface area contributed by atoms with Crippen LogP contribution in [-0.4, -0.2) is 23.4 Å². The lowest BCUT2D eigenvalue weighted by molar-refractivity contribution is 0.475. The Balaban J connectivity index is 3.03. The molecule has 1 rings (SSSR count). The molecular weight excluding hydrogens is 204 g/mol. The molecule has 5 heteroatoms. The van der Waals surface area contributed by atoms with E-state index in [0.29, 0.717) is 5.69 Å². The maximum Gasteiger partial charge on any atom is 0.104 e. The molecule has 0 amide bonds. The number of aromatic nitrogens is 1. The number of hydrogen-bond acceptors (Lipinski definition) is 5. The molecule has 0 atom stereocenters. The number of aliphatic hydroxyl groups excluding tert-OH is 1. The van der Waals surface area contributed by atoms with E-state index in [1.54, 1.807) is 31.6 Å². The summed E-state index contributed by atoms with van der Waals surface area (Å²) in [6.07, 6.45) is 5.53. The second-order valence-electron chi connectivity index (χ2n) is 3.03. The van der Waals surface area contributed by atoms with E-state index in [1.807, 2.05) is 0 Å². The fourth-order valence-electron chi connectivity index (χ4n) is 1.15. The monoisotopic (exact) mass is 218 g/mol. The topological polar surface area (TPSA) is 97.5 Å². The van der Waals surface area contributed by atoms with Gasteiger partial charge in [-0.05, 0) is 6.07 Å². The molecule has 0 saturated heterocycles. The summed E-state index contributed by atoms with van der Waals surface area (Å²) < 4.78 is 0. The van der Waals surface area contributed by atoms with Crippen LogP contribution in [-0.2, 0) is 0 Å². The normalized spacial score (nSPS) is 13.3. The largest absolute Gasteiger partial charge is 0.513 e. The number of pyridine rings is 1. The predicted octanol–water partition coefficient (Wildman–Crippen LogP) is 0.897. The van der Waals surface area contributed by atoms with Gasteiger partial charge in [-0.3, -0.25) is 9.98 Å². The Kier molecular flexibility index (Phi) is 4.08. The quantitative estimate of drug-likeness (QED) is 0.518. The van der Waals surface area contributed by atoms with Crippen molar-refractivity contribution in [3.63, 3.8) is 0 Å². The SMILES string of the molecule is CN=C/C(=C\N)c1ccc(/C(N)=C/O)nc1. The molecule has 0 bridgehead atoms. The van der Waals surface area contributed by atoms with E-state index in [4.69, 9.17) is 16.6 Å². The zero-order valence-electron chi connectivity index (χ0n) is 8.96. The first-order chi connectivity index (χ1) is 7.72. The van der Waals surface area contributed by atoms with Gasteiger partial charge < -0.3 is 16.6 Å². The Bertz CT molecular complexity index is 432. The lowest BCUT2D eigenvalue weighted by Crippen LogP contribution is -2.00. The number of hydrogen-bond donors (Lipinski definition) is 3. The van der Waals surface area contributed by atoms with E-state index < -0.39 is 0 Å². The third-order valence-electron chi connectivity index (χ3n) is 1.98. The van der Waals surface area contributed by atoms with E-state index in [-0.39, 0.29) is 5.70 Å². The van der Waals surface area contributed by atoms with Crippen LogP contribution in [0.3, 0.4) is 0 Å². The number of nitrogens with zero attached hydrogens (tertiary/aromatic N) is 2. The van der Waals surface area contributed by atoms with Gasteiger partial charge in [0.25, 0.3) is 0 Å². The molecule has 0 radical (unpaired) electrons. The van der Waals surface area contributed by atoms with Crippen molar-refractivity contribution < 1.29 is 5.11 Å². The Hall–Kier alpha value is -2.30. The number of rotatable bonds is 3. The summed E-state index contributed by atoms with van der Waals surface area (Å²) >= 11 is 0. The zero-order chi connectivity index (χ0) is 12.0. The van der Waals surface area contributed by atoms with Gasteiger partial charge in [-0.15, -0.1) is 0 Å². The third-order valence-corrected chi connectivity index (χ3v) is 1.98. The molecule has 84 valence electrons. The van der Waals surface area contributed by atoms with Crippen LogP contribution in [0.2, 0.25) is 0 Å². The molecule has 0 aliphatic carbocycles. The number of aliphatic hydroxyl groups is 1. The van der Waals surface area contributed by atoms with E-state index in [1.165, 1.54) is 6.20 Å². The minimum atomic E-state index is 0.217. The van der Waals surface area contributed by atoms with Crippen LogP contribution in [0.5, 0.6) is 0 Å². The highest BCUT2D eigenvalue weighted by atomic mass is 16.2. The molecule has 5 N–H and O–H groups in total. The van der Waals surface area contributed by atoms with Gasteiger partial charge in [0, 0.05) is 36.8 Å². The molecule has 0 unspecified atom stereocenters. The summed E-state index contributed by atoms with van der Waals surface area (Å²) in [4.78, 5) is 7.97. The molecule has 0 fully saturated rings. The third kappa shape index (κ3) is 2.60. The number of aliphatic imine (C=N–C) groups is 1. The Morgan fingerprint density at radius 1 is 1.50 bits per heavy atom. The molecule has 5 nitrogen and oxygen atoms in total. The van der Waals surface area contributed by atoms with Crippen LogP contribution < -0.4 is 11.5 Å². The highest BCUT2D eigenvalue weighted by Gasteiger charge is 2.01. The fraction of sp³-hybridized carbons (Fsp3) is 0.0909. The van der Waals surface area contributed by atoms with E-state index in [9.17, 15) is 0 Å². The van der Waals surface area contributed by atoms with E-state index in [2.05, 4.69) is 9.98 Å². The summed E-state index contributed by atoms with van der Waals surface area (Å²) in [5.74, 6) is 0. The molecule has 1 heterocycles. The average Bonchev–Trinajstić information content (AvgIpc) is 2.35. The summed E-state index contributed by atoms with van der Waals surface area (Å²) in [5.41, 5.74) is 13.3. The standard InChI is InChI=1S/C11H14N4O/c1-14-5-9(4-12)8-2-3-11(15-6-8)10(13)7-16/h2-7,16H,12-13H2,1H3/b9-4+,10-7-,14-5?. The zero-order valence-corrected chi connectivity index (χ0v) is 8.96. The van der Waals surface area contributed by atoms with Crippen LogP contribution in [0, 0.1) is 0 Å². The maximum absolute atomic E-state index is 8.72. The van der Waals surface area contributed by atoms with Gasteiger partial charge in [0.05, 0.1) is 11.4 Å². The molecule has 0 saturated carbocycles.